The van der Waals surface area contributed by atoms with Gasteiger partial charge in [0, 0.05) is 29.7 Å². The van der Waals surface area contributed by atoms with Gasteiger partial charge in [0.25, 0.3) is 0 Å². The highest BCUT2D eigenvalue weighted by molar-refractivity contribution is 9.10. The molecule has 2 rings (SSSR count). The SMILES string of the molecule is CC(C)C1CC(CN)(N(C)Cc2ccc(Br)cc2)CCO1. The Morgan fingerprint density at radius 1 is 1.38 bits per heavy atom. The molecule has 118 valence electrons. The van der Waals surface area contributed by atoms with Crippen LogP contribution in [0.4, 0.5) is 0 Å². The highest BCUT2D eigenvalue weighted by Crippen LogP contribution is 2.33. The number of likely N-dealkylation sites (N-methyl/N-ethyl adjacent to an activating group) is 1. The average molecular weight is 355 g/mol. The van der Waals surface area contributed by atoms with Crippen LogP contribution in [0.2, 0.25) is 0 Å². The molecule has 1 saturated heterocycles. The van der Waals surface area contributed by atoms with Crippen LogP contribution in [0.5, 0.6) is 0 Å². The summed E-state index contributed by atoms with van der Waals surface area (Å²) in [6.45, 7) is 6.88. The van der Waals surface area contributed by atoms with E-state index in [-0.39, 0.29) is 5.54 Å². The molecule has 4 heteroatoms. The molecule has 2 N–H and O–H groups in total. The van der Waals surface area contributed by atoms with E-state index < -0.39 is 0 Å². The summed E-state index contributed by atoms with van der Waals surface area (Å²) in [5, 5.41) is 0. The van der Waals surface area contributed by atoms with E-state index in [0.29, 0.717) is 18.6 Å². The molecule has 1 aliphatic heterocycles. The maximum Gasteiger partial charge on any atom is 0.0616 e. The number of benzene rings is 1. The Morgan fingerprint density at radius 2 is 2.05 bits per heavy atom. The van der Waals surface area contributed by atoms with Crippen molar-refractivity contribution < 1.29 is 4.74 Å². The first-order chi connectivity index (χ1) is 9.97. The number of hydrogen-bond acceptors (Lipinski definition) is 3. The first-order valence-corrected chi connectivity index (χ1v) is 8.53. The van der Waals surface area contributed by atoms with Crippen molar-refractivity contribution in [3.63, 3.8) is 0 Å². The van der Waals surface area contributed by atoms with Gasteiger partial charge in [-0.25, -0.2) is 0 Å². The van der Waals surface area contributed by atoms with E-state index in [9.17, 15) is 0 Å². The summed E-state index contributed by atoms with van der Waals surface area (Å²) in [7, 11) is 2.19. The quantitative estimate of drug-likeness (QED) is 0.880. The Bertz CT molecular complexity index is 449. The summed E-state index contributed by atoms with van der Waals surface area (Å²) >= 11 is 3.49. The fourth-order valence-electron chi connectivity index (χ4n) is 3.08. The molecule has 2 atom stereocenters. The van der Waals surface area contributed by atoms with Crippen LogP contribution in [0.15, 0.2) is 28.7 Å². The fraction of sp³-hybridized carbons (Fsp3) is 0.647. The summed E-state index contributed by atoms with van der Waals surface area (Å²) in [4.78, 5) is 2.42. The molecular weight excluding hydrogens is 328 g/mol. The van der Waals surface area contributed by atoms with Crippen molar-refractivity contribution in [2.24, 2.45) is 11.7 Å². The molecule has 2 unspecified atom stereocenters. The van der Waals surface area contributed by atoms with Crippen molar-refractivity contribution in [3.05, 3.63) is 34.3 Å². The Balaban J connectivity index is 2.09. The number of hydrogen-bond donors (Lipinski definition) is 1. The lowest BCUT2D eigenvalue weighted by atomic mass is 9.82. The van der Waals surface area contributed by atoms with Gasteiger partial charge in [0.05, 0.1) is 6.10 Å². The zero-order valence-corrected chi connectivity index (χ0v) is 14.9. The van der Waals surface area contributed by atoms with Gasteiger partial charge in [0.1, 0.15) is 0 Å². The van der Waals surface area contributed by atoms with Crippen LogP contribution in [0, 0.1) is 5.92 Å². The normalized spacial score (nSPS) is 26.5. The first-order valence-electron chi connectivity index (χ1n) is 7.74. The Hall–Kier alpha value is -0.420. The van der Waals surface area contributed by atoms with Crippen LogP contribution in [0.3, 0.4) is 0 Å². The van der Waals surface area contributed by atoms with Gasteiger partial charge in [-0.3, -0.25) is 4.90 Å². The lowest BCUT2D eigenvalue weighted by molar-refractivity contribution is -0.0834. The predicted molar refractivity (Wildman–Crippen MR) is 91.2 cm³/mol. The van der Waals surface area contributed by atoms with Gasteiger partial charge in [-0.15, -0.1) is 0 Å². The van der Waals surface area contributed by atoms with Crippen LogP contribution >= 0.6 is 15.9 Å². The molecule has 3 nitrogen and oxygen atoms in total. The topological polar surface area (TPSA) is 38.5 Å². The lowest BCUT2D eigenvalue weighted by Crippen LogP contribution is -2.57. The van der Waals surface area contributed by atoms with Crippen molar-refractivity contribution in [3.8, 4) is 0 Å². The van der Waals surface area contributed by atoms with E-state index >= 15 is 0 Å². The van der Waals surface area contributed by atoms with Crippen molar-refractivity contribution in [2.45, 2.75) is 44.9 Å². The molecule has 0 spiro atoms. The van der Waals surface area contributed by atoms with Crippen LogP contribution in [-0.2, 0) is 11.3 Å². The van der Waals surface area contributed by atoms with Crippen LogP contribution in [0.1, 0.15) is 32.3 Å². The maximum absolute atomic E-state index is 6.17. The van der Waals surface area contributed by atoms with E-state index in [1.165, 1.54) is 5.56 Å². The molecule has 21 heavy (non-hydrogen) atoms. The summed E-state index contributed by atoms with van der Waals surface area (Å²) < 4.78 is 7.04. The maximum atomic E-state index is 6.17. The highest BCUT2D eigenvalue weighted by Gasteiger charge is 2.40. The van der Waals surface area contributed by atoms with Gasteiger partial charge in [0.2, 0.25) is 0 Å². The standard InChI is InChI=1S/C17H27BrN2O/c1-13(2)16-10-17(12-19,8-9-21-16)20(3)11-14-4-6-15(18)7-5-14/h4-7,13,16H,8-12,19H2,1-3H3. The number of halogens is 1. The lowest BCUT2D eigenvalue weighted by Gasteiger charge is -2.47. The van der Waals surface area contributed by atoms with Gasteiger partial charge in [0.15, 0.2) is 0 Å². The minimum absolute atomic E-state index is 0.0558. The monoisotopic (exact) mass is 354 g/mol. The zero-order chi connectivity index (χ0) is 15.5. The summed E-state index contributed by atoms with van der Waals surface area (Å²) in [6.07, 6.45) is 2.35. The Labute approximate surface area is 137 Å². The number of ether oxygens (including phenoxy) is 1. The van der Waals surface area contributed by atoms with Gasteiger partial charge >= 0.3 is 0 Å². The van der Waals surface area contributed by atoms with Crippen molar-refractivity contribution >= 4 is 15.9 Å². The molecule has 0 aromatic heterocycles. The average Bonchev–Trinajstić information content (AvgIpc) is 2.49. The third-order valence-electron chi connectivity index (χ3n) is 4.75. The van der Waals surface area contributed by atoms with Gasteiger partial charge in [-0.1, -0.05) is 41.9 Å². The van der Waals surface area contributed by atoms with E-state index in [1.807, 2.05) is 0 Å². The van der Waals surface area contributed by atoms with E-state index in [1.54, 1.807) is 0 Å². The van der Waals surface area contributed by atoms with Gasteiger partial charge in [-0.05, 0) is 43.5 Å². The van der Waals surface area contributed by atoms with Crippen LogP contribution in [-0.4, -0.2) is 36.7 Å². The second-order valence-electron chi connectivity index (χ2n) is 6.52. The van der Waals surface area contributed by atoms with E-state index in [0.717, 1.165) is 30.5 Å². The summed E-state index contributed by atoms with van der Waals surface area (Å²) in [5.74, 6) is 0.539. The number of rotatable bonds is 5. The second kappa shape index (κ2) is 7.23. The van der Waals surface area contributed by atoms with Gasteiger partial charge in [-0.2, -0.15) is 0 Å². The largest absolute Gasteiger partial charge is 0.378 e. The predicted octanol–water partition coefficient (Wildman–Crippen LogP) is 3.41. The molecule has 1 aromatic rings. The number of nitrogens with zero attached hydrogens (tertiary/aromatic N) is 1. The molecule has 0 saturated carbocycles. The van der Waals surface area contributed by atoms with Gasteiger partial charge < -0.3 is 10.5 Å². The number of nitrogens with two attached hydrogens (primary N) is 1. The minimum Gasteiger partial charge on any atom is -0.378 e. The fourth-order valence-corrected chi connectivity index (χ4v) is 3.35. The molecule has 1 fully saturated rings. The van der Waals surface area contributed by atoms with E-state index in [4.69, 9.17) is 10.5 Å². The third-order valence-corrected chi connectivity index (χ3v) is 5.28. The van der Waals surface area contributed by atoms with Crippen molar-refractivity contribution in [1.29, 1.82) is 0 Å². The van der Waals surface area contributed by atoms with Crippen molar-refractivity contribution in [1.82, 2.24) is 4.90 Å². The first kappa shape index (κ1) is 16.9. The Kier molecular flexibility index (Phi) is 5.83. The molecular formula is C17H27BrN2O. The van der Waals surface area contributed by atoms with Crippen molar-refractivity contribution in [2.75, 3.05) is 20.2 Å². The minimum atomic E-state index is 0.0558. The molecule has 1 aromatic carbocycles. The second-order valence-corrected chi connectivity index (χ2v) is 7.43. The molecule has 0 amide bonds. The van der Waals surface area contributed by atoms with Crippen LogP contribution < -0.4 is 5.73 Å². The molecule has 1 heterocycles. The summed E-state index contributed by atoms with van der Waals surface area (Å²) in [6, 6.07) is 8.53. The molecule has 0 radical (unpaired) electrons. The van der Waals surface area contributed by atoms with E-state index in [2.05, 4.69) is 66.0 Å². The Morgan fingerprint density at radius 3 is 2.62 bits per heavy atom. The molecule has 1 aliphatic rings. The summed E-state index contributed by atoms with van der Waals surface area (Å²) in [5.41, 5.74) is 7.55. The molecule has 0 bridgehead atoms. The zero-order valence-electron chi connectivity index (χ0n) is 13.3. The smallest absolute Gasteiger partial charge is 0.0616 e. The third kappa shape index (κ3) is 4.07. The van der Waals surface area contributed by atoms with Crippen LogP contribution in [0.25, 0.3) is 0 Å². The highest BCUT2D eigenvalue weighted by atomic mass is 79.9. The molecule has 0 aliphatic carbocycles.